The molecular weight excluding hydrogens is 188 g/mol. The van der Waals surface area contributed by atoms with Gasteiger partial charge < -0.3 is 0 Å². The van der Waals surface area contributed by atoms with Crippen LogP contribution in [0.15, 0.2) is 30.7 Å². The summed E-state index contributed by atoms with van der Waals surface area (Å²) in [4.78, 5) is 0. The van der Waals surface area contributed by atoms with Gasteiger partial charge in [-0.3, -0.25) is 0 Å². The van der Waals surface area contributed by atoms with Gasteiger partial charge in [0.1, 0.15) is 6.20 Å². The molecule has 0 atom stereocenters. The molecule has 14 heavy (non-hydrogen) atoms. The van der Waals surface area contributed by atoms with E-state index in [2.05, 4.69) is 0 Å². The van der Waals surface area contributed by atoms with Gasteiger partial charge in [0, 0.05) is 15.4 Å². The lowest BCUT2D eigenvalue weighted by atomic mass is 10.4. The van der Waals surface area contributed by atoms with Crippen LogP contribution in [0.5, 0.6) is 0 Å². The topological polar surface area (TPSA) is 12.7 Å². The summed E-state index contributed by atoms with van der Waals surface area (Å²) in [5.74, 6) is -0.735. The standard InChI is InChI=1S/C9H7F2N3/c10-7-4-8(11)9-12(5-7)6-13-2-1-3-14(9)13/h1-5H,6H2/q+2. The lowest BCUT2D eigenvalue weighted by Crippen LogP contribution is -2.46. The number of hydrogen-bond donors (Lipinski definition) is 0. The summed E-state index contributed by atoms with van der Waals surface area (Å²) >= 11 is 0. The molecule has 0 bridgehead atoms. The maximum Gasteiger partial charge on any atom is 0.383 e. The van der Waals surface area contributed by atoms with Crippen molar-refractivity contribution in [3.63, 3.8) is 0 Å². The van der Waals surface area contributed by atoms with Gasteiger partial charge in [-0.25, -0.2) is 4.39 Å². The van der Waals surface area contributed by atoms with Crippen LogP contribution < -0.4 is 9.25 Å². The summed E-state index contributed by atoms with van der Waals surface area (Å²) < 4.78 is 31.3. The van der Waals surface area contributed by atoms with E-state index < -0.39 is 11.6 Å². The highest BCUT2D eigenvalue weighted by Crippen LogP contribution is 2.10. The zero-order valence-corrected chi connectivity index (χ0v) is 7.19. The summed E-state index contributed by atoms with van der Waals surface area (Å²) in [5, 5.41) is 0. The van der Waals surface area contributed by atoms with Crippen molar-refractivity contribution in [1.29, 1.82) is 0 Å². The van der Waals surface area contributed by atoms with E-state index in [1.165, 1.54) is 10.8 Å². The molecule has 3 rings (SSSR count). The molecule has 3 nitrogen and oxygen atoms in total. The zero-order chi connectivity index (χ0) is 9.71. The molecule has 0 saturated heterocycles. The number of pyridine rings is 1. The first-order valence-corrected chi connectivity index (χ1v) is 4.21. The predicted octanol–water partition coefficient (Wildman–Crippen LogP) is 0.150. The minimum atomic E-state index is -0.558. The molecule has 0 spiro atoms. The summed E-state index contributed by atoms with van der Waals surface area (Å²) in [7, 11) is 0. The van der Waals surface area contributed by atoms with Gasteiger partial charge in [-0.2, -0.15) is 8.96 Å². The van der Waals surface area contributed by atoms with Gasteiger partial charge in [0.15, 0.2) is 12.0 Å². The fourth-order valence-corrected chi connectivity index (χ4v) is 1.76. The predicted molar refractivity (Wildman–Crippen MR) is 41.5 cm³/mol. The molecule has 5 heteroatoms. The quantitative estimate of drug-likeness (QED) is 0.453. The van der Waals surface area contributed by atoms with Crippen LogP contribution in [0.1, 0.15) is 0 Å². The Labute approximate surface area is 78.4 Å². The van der Waals surface area contributed by atoms with E-state index in [9.17, 15) is 8.78 Å². The van der Waals surface area contributed by atoms with Gasteiger partial charge in [0.05, 0.1) is 6.07 Å². The third-order valence-electron chi connectivity index (χ3n) is 2.31. The smallest absolute Gasteiger partial charge is 0.203 e. The SMILES string of the molecule is Fc1cc(F)c2[n+](c1)C[n+]1cccn1-2. The Morgan fingerprint density at radius 3 is 3.07 bits per heavy atom. The second kappa shape index (κ2) is 2.37. The maximum atomic E-state index is 13.4. The normalized spacial score (nSPS) is 12.7. The largest absolute Gasteiger partial charge is 0.383 e. The number of fused-ring (bicyclic) bond motifs is 3. The second-order valence-corrected chi connectivity index (χ2v) is 3.22. The van der Waals surface area contributed by atoms with Crippen molar-refractivity contribution in [2.45, 2.75) is 6.67 Å². The van der Waals surface area contributed by atoms with Crippen LogP contribution in [0, 0.1) is 11.6 Å². The molecule has 0 saturated carbocycles. The highest BCUT2D eigenvalue weighted by Gasteiger charge is 2.36. The molecule has 1 aliphatic heterocycles. The summed E-state index contributed by atoms with van der Waals surface area (Å²) in [6, 6.07) is 2.70. The molecule has 3 heterocycles. The Morgan fingerprint density at radius 2 is 2.21 bits per heavy atom. The summed E-state index contributed by atoms with van der Waals surface area (Å²) in [6.07, 6.45) is 4.84. The van der Waals surface area contributed by atoms with E-state index >= 15 is 0 Å². The fourth-order valence-electron chi connectivity index (χ4n) is 1.76. The second-order valence-electron chi connectivity index (χ2n) is 3.22. The first kappa shape index (κ1) is 7.61. The van der Waals surface area contributed by atoms with E-state index in [4.69, 9.17) is 0 Å². The third kappa shape index (κ3) is 0.837. The lowest BCUT2D eigenvalue weighted by molar-refractivity contribution is -0.902. The van der Waals surface area contributed by atoms with Crippen LogP contribution in [0.4, 0.5) is 8.78 Å². The molecule has 2 aromatic rings. The third-order valence-corrected chi connectivity index (χ3v) is 2.31. The molecule has 0 amide bonds. The molecule has 0 aromatic carbocycles. The number of nitrogens with zero attached hydrogens (tertiary/aromatic N) is 3. The van der Waals surface area contributed by atoms with Gasteiger partial charge in [-0.15, -0.1) is 0 Å². The summed E-state index contributed by atoms with van der Waals surface area (Å²) in [6.45, 7) is 0.441. The van der Waals surface area contributed by atoms with Gasteiger partial charge in [0.2, 0.25) is 12.0 Å². The lowest BCUT2D eigenvalue weighted by Gasteiger charge is -1.91. The van der Waals surface area contributed by atoms with Crippen LogP contribution in [0.2, 0.25) is 0 Å². The van der Waals surface area contributed by atoms with Crippen molar-refractivity contribution in [3.8, 4) is 5.82 Å². The first-order valence-electron chi connectivity index (χ1n) is 4.21. The van der Waals surface area contributed by atoms with Gasteiger partial charge in [-0.1, -0.05) is 0 Å². The Kier molecular flexibility index (Phi) is 1.29. The average molecular weight is 195 g/mol. The molecule has 2 aromatic heterocycles. The summed E-state index contributed by atoms with van der Waals surface area (Å²) in [5.41, 5.74) is 0. The molecule has 0 radical (unpaired) electrons. The Hall–Kier alpha value is -1.78. The Bertz CT molecular complexity index is 519. The fraction of sp³-hybridized carbons (Fsp3) is 0.111. The van der Waals surface area contributed by atoms with E-state index in [0.717, 1.165) is 6.07 Å². The molecule has 0 N–H and O–H groups in total. The molecule has 0 unspecified atom stereocenters. The van der Waals surface area contributed by atoms with E-state index in [1.807, 2.05) is 12.3 Å². The van der Waals surface area contributed by atoms with Crippen molar-refractivity contribution in [2.75, 3.05) is 0 Å². The first-order chi connectivity index (χ1) is 6.75. The van der Waals surface area contributed by atoms with Crippen LogP contribution in [0.3, 0.4) is 0 Å². The molecule has 0 fully saturated rings. The van der Waals surface area contributed by atoms with Crippen molar-refractivity contribution >= 4 is 0 Å². The molecule has 0 aliphatic carbocycles. The molecule has 1 aliphatic rings. The van der Waals surface area contributed by atoms with E-state index in [0.29, 0.717) is 12.5 Å². The number of halogens is 2. The maximum absolute atomic E-state index is 13.4. The molecule has 70 valence electrons. The van der Waals surface area contributed by atoms with Crippen LogP contribution in [-0.4, -0.2) is 4.68 Å². The van der Waals surface area contributed by atoms with Crippen molar-refractivity contribution < 1.29 is 18.0 Å². The van der Waals surface area contributed by atoms with Crippen molar-refractivity contribution in [3.05, 3.63) is 42.4 Å². The van der Waals surface area contributed by atoms with E-state index in [-0.39, 0.29) is 0 Å². The zero-order valence-electron chi connectivity index (χ0n) is 7.19. The van der Waals surface area contributed by atoms with E-state index in [1.54, 1.807) is 15.6 Å². The minimum absolute atomic E-state index is 0.372. The Morgan fingerprint density at radius 1 is 1.36 bits per heavy atom. The Balaban J connectivity index is 2.34. The van der Waals surface area contributed by atoms with Gasteiger partial charge in [-0.05, 0) is 0 Å². The number of rotatable bonds is 0. The molecular formula is C9H7F2N3+2. The van der Waals surface area contributed by atoms with Crippen molar-refractivity contribution in [2.24, 2.45) is 0 Å². The monoisotopic (exact) mass is 195 g/mol. The van der Waals surface area contributed by atoms with Crippen LogP contribution in [-0.2, 0) is 6.67 Å². The van der Waals surface area contributed by atoms with Crippen LogP contribution >= 0.6 is 0 Å². The average Bonchev–Trinajstić information content (AvgIpc) is 2.60. The number of hydrogen-bond acceptors (Lipinski definition) is 0. The van der Waals surface area contributed by atoms with Gasteiger partial charge in [0.25, 0.3) is 0 Å². The highest BCUT2D eigenvalue weighted by molar-refractivity contribution is 5.16. The van der Waals surface area contributed by atoms with Crippen molar-refractivity contribution in [1.82, 2.24) is 4.68 Å². The number of aromatic nitrogens is 3. The minimum Gasteiger partial charge on any atom is -0.203 e. The highest BCUT2D eigenvalue weighted by atomic mass is 19.1. The van der Waals surface area contributed by atoms with Crippen LogP contribution in [0.25, 0.3) is 5.82 Å². The van der Waals surface area contributed by atoms with Gasteiger partial charge >= 0.3 is 12.5 Å².